The maximum atomic E-state index is 12.3. The van der Waals surface area contributed by atoms with E-state index in [0.717, 1.165) is 48.5 Å². The number of carbonyl (C=O) groups excluding carboxylic acids is 1. The minimum absolute atomic E-state index is 0. The fourth-order valence-electron chi connectivity index (χ4n) is 5.23. The quantitative estimate of drug-likeness (QED) is 0.409. The van der Waals surface area contributed by atoms with E-state index in [0.29, 0.717) is 25.6 Å². The van der Waals surface area contributed by atoms with E-state index in [2.05, 4.69) is 33.8 Å². The number of likely N-dealkylation sites (tertiary alicyclic amines) is 1. The van der Waals surface area contributed by atoms with E-state index >= 15 is 0 Å². The Hall–Kier alpha value is -3.25. The molecule has 1 amide bonds. The summed E-state index contributed by atoms with van der Waals surface area (Å²) in [6, 6.07) is 6.23. The molecular weight excluding hydrogens is 472 g/mol. The minimum Gasteiger partial charge on any atom is -0.663 e. The first-order valence-corrected chi connectivity index (χ1v) is 12.7. The van der Waals surface area contributed by atoms with Gasteiger partial charge in [0.2, 0.25) is 0 Å². The predicted octanol–water partition coefficient (Wildman–Crippen LogP) is 7.46. The van der Waals surface area contributed by atoms with Gasteiger partial charge in [-0.05, 0) is 72.9 Å². The minimum atomic E-state index is -0.218. The summed E-state index contributed by atoms with van der Waals surface area (Å²) in [6.07, 6.45) is 17.4. The molecule has 7 heteroatoms. The normalized spacial score (nSPS) is 17.2. The molecule has 3 heterocycles. The Morgan fingerprint density at radius 1 is 1.25 bits per heavy atom. The standard InChI is InChI=1S/C28H30ClN4O2.CH4/c1-2-35-28(34)33-14-9-20(10-15-33)26-24-8-7-23(29)18-25(24)21(6-4-13-32-16-12-30-19-32)17-22-5-3-11-31-27(22)26;/h3,5,7-8,11-12,16-20H,2,4,6,9-10,13-15H2,1H3;1H4/q-1;. The van der Waals surface area contributed by atoms with E-state index in [-0.39, 0.29) is 13.5 Å². The number of amides is 1. The van der Waals surface area contributed by atoms with Crippen molar-refractivity contribution in [3.05, 3.63) is 94.1 Å². The molecule has 3 aliphatic rings. The van der Waals surface area contributed by atoms with Gasteiger partial charge < -0.3 is 19.5 Å². The van der Waals surface area contributed by atoms with Crippen LogP contribution in [0.5, 0.6) is 0 Å². The third kappa shape index (κ3) is 5.44. The Morgan fingerprint density at radius 3 is 2.83 bits per heavy atom. The Bertz CT molecular complexity index is 1200. The van der Waals surface area contributed by atoms with Crippen molar-refractivity contribution in [2.75, 3.05) is 19.7 Å². The number of hydrogen-bond acceptors (Lipinski definition) is 3. The SMILES string of the molecule is C.CCOC(=O)N1CCC(C2=C3[N-]C=CC=C3C=C(CCCn3ccnc3)c3cc(Cl)ccc32)CC1. The summed E-state index contributed by atoms with van der Waals surface area (Å²) in [4.78, 5) is 18.2. The van der Waals surface area contributed by atoms with Gasteiger partial charge in [0.15, 0.2) is 0 Å². The fourth-order valence-corrected chi connectivity index (χ4v) is 5.40. The highest BCUT2D eigenvalue weighted by Crippen LogP contribution is 2.46. The molecule has 1 aromatic heterocycles. The van der Waals surface area contributed by atoms with Gasteiger partial charge >= 0.3 is 6.09 Å². The van der Waals surface area contributed by atoms with Gasteiger partial charge in [0.1, 0.15) is 0 Å². The molecule has 0 N–H and O–H groups in total. The Balaban J connectivity index is 0.00000304. The third-order valence-electron chi connectivity index (χ3n) is 6.89. The zero-order valence-electron chi connectivity index (χ0n) is 20.0. The summed E-state index contributed by atoms with van der Waals surface area (Å²) in [5.41, 5.74) is 7.10. The van der Waals surface area contributed by atoms with Gasteiger partial charge in [-0.2, -0.15) is 6.20 Å². The monoisotopic (exact) mass is 505 g/mol. The average Bonchev–Trinajstić information content (AvgIpc) is 3.35. The smallest absolute Gasteiger partial charge is 0.409 e. The van der Waals surface area contributed by atoms with Gasteiger partial charge in [0.05, 0.1) is 12.9 Å². The van der Waals surface area contributed by atoms with Crippen molar-refractivity contribution in [2.24, 2.45) is 5.92 Å². The van der Waals surface area contributed by atoms with Crippen LogP contribution < -0.4 is 0 Å². The van der Waals surface area contributed by atoms with Crippen molar-refractivity contribution in [3.8, 4) is 0 Å². The van der Waals surface area contributed by atoms with Crippen molar-refractivity contribution < 1.29 is 9.53 Å². The molecule has 6 nitrogen and oxygen atoms in total. The molecule has 1 aliphatic carbocycles. The van der Waals surface area contributed by atoms with Crippen LogP contribution in [0.15, 0.2) is 72.6 Å². The van der Waals surface area contributed by atoms with Crippen LogP contribution in [0.1, 0.15) is 51.2 Å². The van der Waals surface area contributed by atoms with Crippen molar-refractivity contribution >= 4 is 28.8 Å². The number of piperidine rings is 1. The van der Waals surface area contributed by atoms with Crippen molar-refractivity contribution in [2.45, 2.75) is 46.6 Å². The molecule has 0 saturated carbocycles. The van der Waals surface area contributed by atoms with Crippen LogP contribution in [0.2, 0.25) is 5.02 Å². The summed E-state index contributed by atoms with van der Waals surface area (Å²) in [5, 5.41) is 5.60. The first-order valence-electron chi connectivity index (χ1n) is 12.3. The molecule has 5 rings (SSSR count). The Labute approximate surface area is 219 Å². The first-order chi connectivity index (χ1) is 17.1. The van der Waals surface area contributed by atoms with Crippen LogP contribution in [0, 0.1) is 5.92 Å². The summed E-state index contributed by atoms with van der Waals surface area (Å²) < 4.78 is 7.34. The van der Waals surface area contributed by atoms with Gasteiger partial charge in [-0.15, -0.1) is 5.70 Å². The van der Waals surface area contributed by atoms with Crippen LogP contribution in [-0.2, 0) is 11.3 Å². The molecule has 0 atom stereocenters. The van der Waals surface area contributed by atoms with Gasteiger partial charge in [-0.1, -0.05) is 48.9 Å². The highest BCUT2D eigenvalue weighted by Gasteiger charge is 2.29. The van der Waals surface area contributed by atoms with Crippen LogP contribution in [0.25, 0.3) is 16.5 Å². The number of hydrogen-bond donors (Lipinski definition) is 0. The number of rotatable bonds is 6. The van der Waals surface area contributed by atoms with E-state index < -0.39 is 0 Å². The Kier molecular flexibility index (Phi) is 8.36. The summed E-state index contributed by atoms with van der Waals surface area (Å²) in [6.45, 7) is 4.52. The number of allylic oxidation sites excluding steroid dienone is 5. The van der Waals surface area contributed by atoms with Gasteiger partial charge in [0, 0.05) is 37.1 Å². The average molecular weight is 506 g/mol. The van der Waals surface area contributed by atoms with Crippen molar-refractivity contribution in [3.63, 3.8) is 0 Å². The third-order valence-corrected chi connectivity index (χ3v) is 7.13. The number of fused-ring (bicyclic) bond motifs is 2. The van der Waals surface area contributed by atoms with E-state index in [1.165, 1.54) is 22.3 Å². The Morgan fingerprint density at radius 2 is 2.08 bits per heavy atom. The predicted molar refractivity (Wildman–Crippen MR) is 146 cm³/mol. The van der Waals surface area contributed by atoms with Crippen molar-refractivity contribution in [1.82, 2.24) is 14.5 Å². The molecule has 0 unspecified atom stereocenters. The molecule has 1 aromatic carbocycles. The number of imidazole rings is 1. The summed E-state index contributed by atoms with van der Waals surface area (Å²) >= 11 is 6.52. The van der Waals surface area contributed by atoms with Gasteiger partial charge in [0.25, 0.3) is 0 Å². The molecule has 0 radical (unpaired) electrons. The zero-order chi connectivity index (χ0) is 24.2. The lowest BCUT2D eigenvalue weighted by molar-refractivity contribution is 0.0959. The molecule has 1 saturated heterocycles. The molecule has 190 valence electrons. The first kappa shape index (κ1) is 25.8. The summed E-state index contributed by atoms with van der Waals surface area (Å²) in [7, 11) is 0. The zero-order valence-corrected chi connectivity index (χ0v) is 20.7. The topological polar surface area (TPSA) is 61.5 Å². The van der Waals surface area contributed by atoms with Crippen LogP contribution in [-0.4, -0.2) is 40.2 Å². The number of benzene rings is 1. The second-order valence-corrected chi connectivity index (χ2v) is 9.52. The highest BCUT2D eigenvalue weighted by atomic mass is 35.5. The maximum Gasteiger partial charge on any atom is 0.409 e. The molecule has 2 aliphatic heterocycles. The van der Waals surface area contributed by atoms with Gasteiger partial charge in [-0.25, -0.2) is 9.78 Å². The molecule has 2 aromatic rings. The van der Waals surface area contributed by atoms with Crippen LogP contribution in [0.3, 0.4) is 0 Å². The molecule has 0 bridgehead atoms. The number of carbonyl (C=O) groups is 1. The van der Waals surface area contributed by atoms with Gasteiger partial charge in [-0.3, -0.25) is 0 Å². The van der Waals surface area contributed by atoms with E-state index in [1.807, 2.05) is 48.9 Å². The maximum absolute atomic E-state index is 12.3. The highest BCUT2D eigenvalue weighted by molar-refractivity contribution is 6.30. The van der Waals surface area contributed by atoms with E-state index in [1.54, 1.807) is 0 Å². The van der Waals surface area contributed by atoms with E-state index in [4.69, 9.17) is 21.7 Å². The fraction of sp³-hybridized carbons (Fsp3) is 0.379. The molecule has 0 spiro atoms. The van der Waals surface area contributed by atoms with Crippen molar-refractivity contribution in [1.29, 1.82) is 0 Å². The number of aromatic nitrogens is 2. The molecule has 36 heavy (non-hydrogen) atoms. The number of aryl methyl sites for hydroxylation is 1. The number of nitrogens with zero attached hydrogens (tertiary/aromatic N) is 4. The lowest BCUT2D eigenvalue weighted by Crippen LogP contribution is -2.39. The second-order valence-electron chi connectivity index (χ2n) is 9.08. The van der Waals surface area contributed by atoms with Crippen LogP contribution in [0.4, 0.5) is 4.79 Å². The molecular formula is C29H34ClN4O2-. The number of halogens is 1. The molecule has 1 fully saturated rings. The lowest BCUT2D eigenvalue weighted by atomic mass is 9.81. The summed E-state index contributed by atoms with van der Waals surface area (Å²) in [5.74, 6) is 0.299. The lowest BCUT2D eigenvalue weighted by Gasteiger charge is -2.37. The number of ether oxygens (including phenoxy) is 1. The van der Waals surface area contributed by atoms with E-state index in [9.17, 15) is 4.79 Å². The largest absolute Gasteiger partial charge is 0.663 e. The van der Waals surface area contributed by atoms with Crippen LogP contribution >= 0.6 is 11.6 Å². The second kappa shape index (κ2) is 11.7.